The largest absolute Gasteiger partial charge is 0.385 e. The van der Waals surface area contributed by atoms with Crippen molar-refractivity contribution in [3.8, 4) is 0 Å². The number of carbonyl (C=O) groups excluding carboxylic acids is 2. The van der Waals surface area contributed by atoms with E-state index < -0.39 is 0 Å². The van der Waals surface area contributed by atoms with Gasteiger partial charge in [-0.2, -0.15) is 0 Å². The van der Waals surface area contributed by atoms with Crippen LogP contribution in [0, 0.1) is 6.92 Å². The molecule has 5 nitrogen and oxygen atoms in total. The highest BCUT2D eigenvalue weighted by molar-refractivity contribution is 5.99. The van der Waals surface area contributed by atoms with E-state index in [1.165, 1.54) is 6.92 Å². The summed E-state index contributed by atoms with van der Waals surface area (Å²) in [5.41, 5.74) is 4.97. The highest BCUT2D eigenvalue weighted by atomic mass is 16.2. The van der Waals surface area contributed by atoms with E-state index in [0.29, 0.717) is 16.8 Å². The van der Waals surface area contributed by atoms with Crippen molar-refractivity contribution in [3.05, 3.63) is 70.9 Å². The molecule has 144 valence electrons. The first kappa shape index (κ1) is 19.5. The van der Waals surface area contributed by atoms with Crippen LogP contribution in [0.15, 0.2) is 48.5 Å². The molecule has 0 saturated heterocycles. The third-order valence-corrected chi connectivity index (χ3v) is 4.79. The first-order valence-corrected chi connectivity index (χ1v) is 9.46. The van der Waals surface area contributed by atoms with E-state index in [1.807, 2.05) is 25.1 Å². The molecule has 0 unspecified atom stereocenters. The zero-order valence-electron chi connectivity index (χ0n) is 16.7. The average Bonchev–Trinajstić information content (AvgIpc) is 2.68. The van der Waals surface area contributed by atoms with Gasteiger partial charge in [-0.3, -0.25) is 9.59 Å². The van der Waals surface area contributed by atoms with Crippen LogP contribution in [0.4, 0.5) is 5.69 Å². The minimum atomic E-state index is -0.224. The molecular formula is C23H25N3O2. The summed E-state index contributed by atoms with van der Waals surface area (Å²) in [6.45, 7) is 8.47. The predicted octanol–water partition coefficient (Wildman–Crippen LogP) is 4.67. The number of rotatable bonds is 6. The Balaban J connectivity index is 1.77. The Morgan fingerprint density at radius 1 is 1.07 bits per heavy atom. The van der Waals surface area contributed by atoms with E-state index >= 15 is 0 Å². The summed E-state index contributed by atoms with van der Waals surface area (Å²) in [5.74, 6) is -0.216. The topological polar surface area (TPSA) is 71.1 Å². The smallest absolute Gasteiger partial charge is 0.270 e. The number of carbonyl (C=O) groups is 2. The number of aryl methyl sites for hydroxylation is 1. The zero-order chi connectivity index (χ0) is 20.3. The standard InChI is InChI=1S/C23H25N3O2/c1-5-24-20-9-6-17(12-14(20)2)15(3)25-23(28)22-11-8-19-13-18(16(4)27)7-10-21(19)26-22/h6-13,15,24H,5H2,1-4H3,(H,25,28)/t15-/m1/s1. The van der Waals surface area contributed by atoms with E-state index in [9.17, 15) is 9.59 Å². The molecule has 3 aromatic rings. The molecule has 0 saturated carbocycles. The fraction of sp³-hybridized carbons (Fsp3) is 0.261. The maximum absolute atomic E-state index is 12.7. The van der Waals surface area contributed by atoms with Crippen LogP contribution < -0.4 is 10.6 Å². The van der Waals surface area contributed by atoms with Crippen molar-refractivity contribution in [1.29, 1.82) is 0 Å². The summed E-state index contributed by atoms with van der Waals surface area (Å²) in [5, 5.41) is 7.17. The van der Waals surface area contributed by atoms with Gasteiger partial charge >= 0.3 is 0 Å². The maximum Gasteiger partial charge on any atom is 0.270 e. The van der Waals surface area contributed by atoms with Crippen molar-refractivity contribution in [2.45, 2.75) is 33.7 Å². The second-order valence-electron chi connectivity index (χ2n) is 6.96. The molecule has 0 fully saturated rings. The molecule has 1 aromatic heterocycles. The van der Waals surface area contributed by atoms with Crippen LogP contribution in [0.25, 0.3) is 10.9 Å². The first-order chi connectivity index (χ1) is 13.4. The van der Waals surface area contributed by atoms with Crippen LogP contribution in [0.1, 0.15) is 58.8 Å². The van der Waals surface area contributed by atoms with Gasteiger partial charge in [-0.1, -0.05) is 18.2 Å². The molecule has 1 amide bonds. The van der Waals surface area contributed by atoms with Gasteiger partial charge in [-0.05, 0) is 69.2 Å². The molecule has 0 aliphatic rings. The second kappa shape index (κ2) is 8.21. The monoisotopic (exact) mass is 375 g/mol. The number of benzene rings is 2. The number of Topliss-reactive ketones (excluding diaryl/α,β-unsaturated/α-hetero) is 1. The number of nitrogens with one attached hydrogen (secondary N) is 2. The van der Waals surface area contributed by atoms with Crippen molar-refractivity contribution in [2.75, 3.05) is 11.9 Å². The highest BCUT2D eigenvalue weighted by Gasteiger charge is 2.14. The first-order valence-electron chi connectivity index (χ1n) is 9.46. The number of pyridine rings is 1. The Hall–Kier alpha value is -3.21. The quantitative estimate of drug-likeness (QED) is 0.614. The number of anilines is 1. The average molecular weight is 375 g/mol. The summed E-state index contributed by atoms with van der Waals surface area (Å²) >= 11 is 0. The minimum absolute atomic E-state index is 0.00740. The van der Waals surface area contributed by atoms with Crippen LogP contribution in [0.2, 0.25) is 0 Å². The van der Waals surface area contributed by atoms with Crippen molar-refractivity contribution < 1.29 is 9.59 Å². The van der Waals surface area contributed by atoms with Gasteiger partial charge < -0.3 is 10.6 Å². The minimum Gasteiger partial charge on any atom is -0.385 e. The van der Waals surface area contributed by atoms with E-state index in [4.69, 9.17) is 0 Å². The number of nitrogens with zero attached hydrogens (tertiary/aromatic N) is 1. The lowest BCUT2D eigenvalue weighted by molar-refractivity contribution is 0.0934. The van der Waals surface area contributed by atoms with Gasteiger partial charge in [0.05, 0.1) is 11.6 Å². The summed E-state index contributed by atoms with van der Waals surface area (Å²) in [6, 6.07) is 14.8. The van der Waals surface area contributed by atoms with Gasteiger partial charge in [0.1, 0.15) is 5.69 Å². The Bertz CT molecular complexity index is 1040. The molecule has 2 aromatic carbocycles. The Morgan fingerprint density at radius 2 is 1.86 bits per heavy atom. The van der Waals surface area contributed by atoms with Gasteiger partial charge in [0.15, 0.2) is 5.78 Å². The van der Waals surface area contributed by atoms with Crippen molar-refractivity contribution in [1.82, 2.24) is 10.3 Å². The molecule has 0 spiro atoms. The highest BCUT2D eigenvalue weighted by Crippen LogP contribution is 2.21. The second-order valence-corrected chi connectivity index (χ2v) is 6.96. The lowest BCUT2D eigenvalue weighted by atomic mass is 10.0. The van der Waals surface area contributed by atoms with Crippen LogP contribution >= 0.6 is 0 Å². The molecule has 3 rings (SSSR count). The number of hydrogen-bond donors (Lipinski definition) is 2. The molecular weight excluding hydrogens is 350 g/mol. The molecule has 0 aliphatic heterocycles. The molecule has 0 bridgehead atoms. The van der Waals surface area contributed by atoms with Crippen LogP contribution in [0.5, 0.6) is 0 Å². The lowest BCUT2D eigenvalue weighted by Gasteiger charge is -2.16. The number of amides is 1. The molecule has 5 heteroatoms. The summed E-state index contributed by atoms with van der Waals surface area (Å²) in [4.78, 5) is 28.6. The molecule has 28 heavy (non-hydrogen) atoms. The van der Waals surface area contributed by atoms with E-state index in [0.717, 1.165) is 28.7 Å². The molecule has 0 radical (unpaired) electrons. The fourth-order valence-electron chi connectivity index (χ4n) is 3.17. The Kier molecular flexibility index (Phi) is 5.73. The van der Waals surface area contributed by atoms with Gasteiger partial charge in [-0.25, -0.2) is 4.98 Å². The number of ketones is 1. The molecule has 2 N–H and O–H groups in total. The number of aromatic nitrogens is 1. The van der Waals surface area contributed by atoms with Gasteiger partial charge in [0.2, 0.25) is 0 Å². The van der Waals surface area contributed by atoms with Crippen LogP contribution in [-0.2, 0) is 0 Å². The normalized spacial score (nSPS) is 11.9. The van der Waals surface area contributed by atoms with Crippen molar-refractivity contribution in [2.24, 2.45) is 0 Å². The SMILES string of the molecule is CCNc1ccc([C@@H](C)NC(=O)c2ccc3cc(C(C)=O)ccc3n2)cc1C. The van der Waals surface area contributed by atoms with Crippen molar-refractivity contribution >= 4 is 28.3 Å². The maximum atomic E-state index is 12.7. The third-order valence-electron chi connectivity index (χ3n) is 4.79. The molecule has 0 aliphatic carbocycles. The van der Waals surface area contributed by atoms with Crippen LogP contribution in [0.3, 0.4) is 0 Å². The van der Waals surface area contributed by atoms with E-state index in [-0.39, 0.29) is 17.7 Å². The van der Waals surface area contributed by atoms with Crippen LogP contribution in [-0.4, -0.2) is 23.2 Å². The van der Waals surface area contributed by atoms with Crippen molar-refractivity contribution in [3.63, 3.8) is 0 Å². The Labute approximate surface area is 165 Å². The summed E-state index contributed by atoms with van der Waals surface area (Å²) in [7, 11) is 0. The molecule has 1 heterocycles. The Morgan fingerprint density at radius 3 is 2.54 bits per heavy atom. The molecule has 1 atom stereocenters. The van der Waals surface area contributed by atoms with E-state index in [1.54, 1.807) is 24.3 Å². The van der Waals surface area contributed by atoms with Gasteiger partial charge in [0.25, 0.3) is 5.91 Å². The van der Waals surface area contributed by atoms with Gasteiger partial charge in [0, 0.05) is 23.2 Å². The fourth-order valence-corrected chi connectivity index (χ4v) is 3.17. The summed E-state index contributed by atoms with van der Waals surface area (Å²) in [6.07, 6.45) is 0. The predicted molar refractivity (Wildman–Crippen MR) is 113 cm³/mol. The number of hydrogen-bond acceptors (Lipinski definition) is 4. The van der Waals surface area contributed by atoms with E-state index in [2.05, 4.69) is 35.5 Å². The lowest BCUT2D eigenvalue weighted by Crippen LogP contribution is -2.27. The van der Waals surface area contributed by atoms with Gasteiger partial charge in [-0.15, -0.1) is 0 Å². The zero-order valence-corrected chi connectivity index (χ0v) is 16.7. The number of fused-ring (bicyclic) bond motifs is 1. The summed E-state index contributed by atoms with van der Waals surface area (Å²) < 4.78 is 0. The third kappa shape index (κ3) is 4.19.